The molecular weight excluding hydrogens is 380 g/mol. The van der Waals surface area contributed by atoms with Crippen LogP contribution in [0.15, 0.2) is 54.6 Å². The van der Waals surface area contributed by atoms with Crippen LogP contribution < -0.4 is 4.31 Å². The third kappa shape index (κ3) is 4.37. The molecule has 7 heteroatoms. The van der Waals surface area contributed by atoms with Crippen LogP contribution in [0.3, 0.4) is 0 Å². The highest BCUT2D eigenvalue weighted by Gasteiger charge is 2.15. The van der Waals surface area contributed by atoms with Crippen molar-refractivity contribution in [1.29, 1.82) is 0 Å². The Morgan fingerprint density at radius 1 is 1.07 bits per heavy atom. The van der Waals surface area contributed by atoms with Crippen LogP contribution in [-0.2, 0) is 17.8 Å². The van der Waals surface area contributed by atoms with Gasteiger partial charge in [-0.25, -0.2) is 0 Å². The summed E-state index contributed by atoms with van der Waals surface area (Å²) in [6, 6.07) is 16.8. The average molecular weight is 402 g/mol. The van der Waals surface area contributed by atoms with Gasteiger partial charge in [-0.1, -0.05) is 30.3 Å². The summed E-state index contributed by atoms with van der Waals surface area (Å²) >= 11 is -0.979. The van der Waals surface area contributed by atoms with Gasteiger partial charge in [0.05, 0.1) is 6.54 Å². The summed E-state index contributed by atoms with van der Waals surface area (Å²) in [5, 5.41) is 1.67. The van der Waals surface area contributed by atoms with E-state index >= 15 is 0 Å². The molecule has 0 radical (unpaired) electrons. The van der Waals surface area contributed by atoms with E-state index in [1.807, 2.05) is 50.2 Å². The fourth-order valence-electron chi connectivity index (χ4n) is 2.96. The van der Waals surface area contributed by atoms with Crippen LogP contribution in [-0.4, -0.2) is 32.7 Å². The number of anilines is 1. The first-order chi connectivity index (χ1) is 13.0. The predicted molar refractivity (Wildman–Crippen MR) is 111 cm³/mol. The predicted octanol–water partition coefficient (Wildman–Crippen LogP) is 4.18. The largest absolute Gasteiger partial charge is 0.755 e. The van der Waals surface area contributed by atoms with Crippen molar-refractivity contribution in [3.05, 3.63) is 65.7 Å². The zero-order chi connectivity index (χ0) is 19.4. The molecule has 1 unspecified atom stereocenters. The van der Waals surface area contributed by atoms with Crippen molar-refractivity contribution in [1.82, 2.24) is 4.90 Å². The summed E-state index contributed by atoms with van der Waals surface area (Å²) in [6.07, 6.45) is 0. The second kappa shape index (κ2) is 8.65. The number of rotatable bonds is 7. The molecule has 0 saturated carbocycles. The van der Waals surface area contributed by atoms with Crippen molar-refractivity contribution < 1.29 is 13.6 Å². The van der Waals surface area contributed by atoms with E-state index in [2.05, 4.69) is 0 Å². The number of amides is 1. The van der Waals surface area contributed by atoms with E-state index in [0.717, 1.165) is 15.6 Å². The molecule has 27 heavy (non-hydrogen) atoms. The third-order valence-electron chi connectivity index (χ3n) is 4.39. The Morgan fingerprint density at radius 2 is 1.81 bits per heavy atom. The molecule has 1 heterocycles. The van der Waals surface area contributed by atoms with Crippen LogP contribution in [0.2, 0.25) is 0 Å². The summed E-state index contributed by atoms with van der Waals surface area (Å²) in [5.41, 5.74) is 1.35. The Morgan fingerprint density at radius 3 is 2.48 bits per heavy atom. The summed E-state index contributed by atoms with van der Waals surface area (Å²) in [6.45, 7) is 5.34. The minimum atomic E-state index is -2.41. The molecule has 0 N–H and O–H groups in total. The van der Waals surface area contributed by atoms with Crippen molar-refractivity contribution in [2.75, 3.05) is 17.4 Å². The van der Waals surface area contributed by atoms with Crippen molar-refractivity contribution >= 4 is 43.6 Å². The third-order valence-corrected chi connectivity index (χ3v) is 6.33. The smallest absolute Gasteiger partial charge is 0.253 e. The maximum atomic E-state index is 12.6. The van der Waals surface area contributed by atoms with Gasteiger partial charge in [-0.2, -0.15) is 0 Å². The summed E-state index contributed by atoms with van der Waals surface area (Å²) < 4.78 is 26.1. The quantitative estimate of drug-likeness (QED) is 0.558. The van der Waals surface area contributed by atoms with Crippen LogP contribution >= 0.6 is 11.3 Å². The van der Waals surface area contributed by atoms with E-state index in [4.69, 9.17) is 0 Å². The number of fused-ring (bicyclic) bond motifs is 1. The maximum absolute atomic E-state index is 12.6. The first-order valence-corrected chi connectivity index (χ1v) is 10.6. The number of hydrogen-bond acceptors (Lipinski definition) is 4. The molecule has 0 bridgehead atoms. The van der Waals surface area contributed by atoms with Gasteiger partial charge in [0, 0.05) is 34.6 Å². The highest BCUT2D eigenvalue weighted by Crippen LogP contribution is 2.33. The summed E-state index contributed by atoms with van der Waals surface area (Å²) in [4.78, 5) is 14.3. The van der Waals surface area contributed by atoms with Gasteiger partial charge in [0.2, 0.25) is 0 Å². The van der Waals surface area contributed by atoms with E-state index in [-0.39, 0.29) is 12.5 Å². The number of carbonyl (C=O) groups excluding carboxylic acids is 1. The Hall–Kier alpha value is -2.22. The number of carbonyl (C=O) groups is 1. The van der Waals surface area contributed by atoms with E-state index < -0.39 is 11.3 Å². The standard InChI is InChI=1S/C20H22N2O3S2/c1-3-21(4-2)20(23)17-10-7-8-15(12-17)14-22(27(24)25)19-13-16-9-5-6-11-18(16)26-19/h5-13H,3-4,14H2,1-2H3,(H,24,25)/p-1. The Balaban J connectivity index is 1.88. The molecule has 3 aromatic rings. The van der Waals surface area contributed by atoms with Crippen LogP contribution in [0.1, 0.15) is 29.8 Å². The molecule has 0 aliphatic rings. The fourth-order valence-corrected chi connectivity index (χ4v) is 4.67. The monoisotopic (exact) mass is 401 g/mol. The first kappa shape index (κ1) is 19.5. The lowest BCUT2D eigenvalue weighted by Crippen LogP contribution is -2.30. The lowest BCUT2D eigenvalue weighted by molar-refractivity contribution is 0.0773. The second-order valence-electron chi connectivity index (χ2n) is 6.05. The Kier molecular flexibility index (Phi) is 6.26. The minimum absolute atomic E-state index is 0.0430. The Labute approximate surface area is 165 Å². The highest BCUT2D eigenvalue weighted by atomic mass is 32.2. The van der Waals surface area contributed by atoms with Gasteiger partial charge >= 0.3 is 0 Å². The van der Waals surface area contributed by atoms with E-state index in [1.165, 1.54) is 15.6 Å². The molecular formula is C20H21N2O3S2-. The van der Waals surface area contributed by atoms with Crippen LogP contribution in [0, 0.1) is 0 Å². The van der Waals surface area contributed by atoms with Gasteiger partial charge in [0.15, 0.2) is 0 Å². The molecule has 0 saturated heterocycles. The zero-order valence-corrected chi connectivity index (χ0v) is 16.9. The van der Waals surface area contributed by atoms with Crippen LogP contribution in [0.5, 0.6) is 0 Å². The number of thiophene rings is 1. The second-order valence-corrected chi connectivity index (χ2v) is 7.99. The van der Waals surface area contributed by atoms with E-state index in [0.29, 0.717) is 23.7 Å². The summed E-state index contributed by atoms with van der Waals surface area (Å²) in [5.74, 6) is -0.0430. The maximum Gasteiger partial charge on any atom is 0.253 e. The lowest BCUT2D eigenvalue weighted by Gasteiger charge is -2.25. The van der Waals surface area contributed by atoms with Crippen LogP contribution in [0.4, 0.5) is 5.00 Å². The molecule has 1 aromatic heterocycles. The van der Waals surface area contributed by atoms with Crippen molar-refractivity contribution in [3.63, 3.8) is 0 Å². The first-order valence-electron chi connectivity index (χ1n) is 8.77. The fraction of sp³-hybridized carbons (Fsp3) is 0.250. The van der Waals surface area contributed by atoms with Crippen molar-refractivity contribution in [2.45, 2.75) is 20.4 Å². The topological polar surface area (TPSA) is 63.7 Å². The molecule has 0 aliphatic carbocycles. The Bertz CT molecular complexity index is 934. The van der Waals surface area contributed by atoms with Crippen LogP contribution in [0.25, 0.3) is 10.1 Å². The van der Waals surface area contributed by atoms with Gasteiger partial charge in [-0.15, -0.1) is 11.3 Å². The zero-order valence-electron chi connectivity index (χ0n) is 15.3. The van der Waals surface area contributed by atoms with Gasteiger partial charge in [-0.3, -0.25) is 13.3 Å². The van der Waals surface area contributed by atoms with E-state index in [1.54, 1.807) is 23.1 Å². The lowest BCUT2D eigenvalue weighted by atomic mass is 10.1. The molecule has 0 aliphatic heterocycles. The highest BCUT2D eigenvalue weighted by molar-refractivity contribution is 7.80. The number of hydrogen-bond donors (Lipinski definition) is 0. The van der Waals surface area contributed by atoms with Gasteiger partial charge in [-0.05, 0) is 49.1 Å². The molecule has 142 valence electrons. The molecule has 0 fully saturated rings. The average Bonchev–Trinajstić information content (AvgIpc) is 3.10. The normalized spacial score (nSPS) is 12.1. The number of benzene rings is 2. The molecule has 1 atom stereocenters. The van der Waals surface area contributed by atoms with E-state index in [9.17, 15) is 13.6 Å². The van der Waals surface area contributed by atoms with Crippen molar-refractivity contribution in [2.24, 2.45) is 0 Å². The van der Waals surface area contributed by atoms with Crippen molar-refractivity contribution in [3.8, 4) is 0 Å². The number of nitrogens with zero attached hydrogens (tertiary/aromatic N) is 2. The van der Waals surface area contributed by atoms with Gasteiger partial charge in [0.25, 0.3) is 5.91 Å². The SMILES string of the molecule is CCN(CC)C(=O)c1cccc(CN(c2cc3ccccc3s2)S(=O)[O-])c1. The molecule has 5 nitrogen and oxygen atoms in total. The van der Waals surface area contributed by atoms with Gasteiger partial charge in [0.1, 0.15) is 5.00 Å². The molecule has 0 spiro atoms. The molecule has 1 amide bonds. The minimum Gasteiger partial charge on any atom is -0.755 e. The molecule has 3 rings (SSSR count). The molecule has 2 aromatic carbocycles. The summed E-state index contributed by atoms with van der Waals surface area (Å²) in [7, 11) is 0. The van der Waals surface area contributed by atoms with Gasteiger partial charge < -0.3 is 9.45 Å².